The van der Waals surface area contributed by atoms with Gasteiger partial charge in [0.05, 0.1) is 5.39 Å². The van der Waals surface area contributed by atoms with Crippen LogP contribution in [0.25, 0.3) is 11.0 Å². The summed E-state index contributed by atoms with van der Waals surface area (Å²) < 4.78 is 14.4. The van der Waals surface area contributed by atoms with Crippen molar-refractivity contribution >= 4 is 40.3 Å². The van der Waals surface area contributed by atoms with Crippen LogP contribution in [0.1, 0.15) is 16.7 Å². The van der Waals surface area contributed by atoms with E-state index in [1.807, 2.05) is 37.4 Å². The lowest BCUT2D eigenvalue weighted by Crippen LogP contribution is -1.98. The number of benzene rings is 2. The zero-order valence-electron chi connectivity index (χ0n) is 13.1. The monoisotopic (exact) mass is 348 g/mol. The average Bonchev–Trinajstić information content (AvgIpc) is 2.91. The first-order valence-electron chi connectivity index (χ1n) is 7.15. The van der Waals surface area contributed by atoms with Crippen LogP contribution in [0.3, 0.4) is 0 Å². The second kappa shape index (κ2) is 6.72. The van der Waals surface area contributed by atoms with Gasteiger partial charge in [0.2, 0.25) is 0 Å². The zero-order chi connectivity index (χ0) is 16.4. The minimum Gasteiger partial charge on any atom is -0.489 e. The lowest BCUT2D eigenvalue weighted by atomic mass is 10.1. The zero-order valence-corrected chi connectivity index (χ0v) is 14.7. The van der Waals surface area contributed by atoms with E-state index in [0.717, 1.165) is 44.2 Å². The van der Waals surface area contributed by atoms with E-state index < -0.39 is 0 Å². The van der Waals surface area contributed by atoms with Crippen molar-refractivity contribution in [3.05, 3.63) is 52.0 Å². The molecule has 6 heteroatoms. The molecule has 4 nitrogen and oxygen atoms in total. The molecule has 0 bridgehead atoms. The van der Waals surface area contributed by atoms with Gasteiger partial charge in [0.25, 0.3) is 0 Å². The molecule has 0 aliphatic carbocycles. The largest absolute Gasteiger partial charge is 0.489 e. The van der Waals surface area contributed by atoms with Crippen LogP contribution >= 0.6 is 23.5 Å². The van der Waals surface area contributed by atoms with Crippen LogP contribution in [0.15, 0.2) is 34.9 Å². The first-order valence-corrected chi connectivity index (χ1v) is 8.75. The molecule has 1 aromatic heterocycles. The Hall–Kier alpha value is -1.85. The lowest BCUT2D eigenvalue weighted by Gasteiger charge is -2.10. The number of rotatable bonds is 5. The van der Waals surface area contributed by atoms with Gasteiger partial charge in [-0.25, -0.2) is 0 Å². The number of aryl methyl sites for hydroxylation is 2. The minimum atomic E-state index is 0.467. The topological polar surface area (TPSA) is 47.3 Å². The summed E-state index contributed by atoms with van der Waals surface area (Å²) in [5.41, 5.74) is 3.95. The molecule has 0 unspecified atom stereocenters. The minimum absolute atomic E-state index is 0.467. The Balaban J connectivity index is 1.82. The molecule has 0 fully saturated rings. The maximum atomic E-state index is 6.03. The normalized spacial score (nSPS) is 11.0. The van der Waals surface area contributed by atoms with Gasteiger partial charge in [-0.05, 0) is 60.9 Å². The van der Waals surface area contributed by atoms with Gasteiger partial charge in [0.15, 0.2) is 11.4 Å². The SMILES string of the molecule is CSNc1noc2cc(COc3ccc(Cl)c(C)c3)c(C)cc12. The summed E-state index contributed by atoms with van der Waals surface area (Å²) in [5.74, 6) is 1.55. The summed E-state index contributed by atoms with van der Waals surface area (Å²) in [6.45, 7) is 4.48. The molecule has 0 aliphatic rings. The molecule has 2 aromatic carbocycles. The van der Waals surface area contributed by atoms with Crippen molar-refractivity contribution in [3.8, 4) is 5.75 Å². The highest BCUT2D eigenvalue weighted by Crippen LogP contribution is 2.28. The van der Waals surface area contributed by atoms with E-state index in [4.69, 9.17) is 20.9 Å². The molecule has 0 amide bonds. The van der Waals surface area contributed by atoms with Crippen LogP contribution in [0.4, 0.5) is 5.82 Å². The molecule has 1 heterocycles. The maximum absolute atomic E-state index is 6.03. The van der Waals surface area contributed by atoms with Crippen LogP contribution in [-0.2, 0) is 6.61 Å². The van der Waals surface area contributed by atoms with Gasteiger partial charge >= 0.3 is 0 Å². The predicted molar refractivity (Wildman–Crippen MR) is 96.4 cm³/mol. The smallest absolute Gasteiger partial charge is 0.187 e. The standard InChI is InChI=1S/C17H17ClN2O2S/c1-10-7-14-16(22-19-17(14)20-23-3)8-12(10)9-21-13-4-5-15(18)11(2)6-13/h4-8H,9H2,1-3H3,(H,19,20). The number of nitrogens with one attached hydrogen (secondary N) is 1. The fourth-order valence-corrected chi connectivity index (χ4v) is 2.79. The number of hydrogen-bond donors (Lipinski definition) is 1. The number of anilines is 1. The van der Waals surface area contributed by atoms with Gasteiger partial charge in [-0.2, -0.15) is 0 Å². The predicted octanol–water partition coefficient (Wildman–Crippen LogP) is 5.37. The number of ether oxygens (including phenoxy) is 1. The first kappa shape index (κ1) is 16.0. The quantitative estimate of drug-likeness (QED) is 0.628. The molecule has 0 saturated heterocycles. The van der Waals surface area contributed by atoms with E-state index in [0.29, 0.717) is 6.61 Å². The molecule has 0 atom stereocenters. The third-order valence-electron chi connectivity index (χ3n) is 3.65. The molecular formula is C17H17ClN2O2S. The van der Waals surface area contributed by atoms with Gasteiger partial charge in [0.1, 0.15) is 12.4 Å². The summed E-state index contributed by atoms with van der Waals surface area (Å²) in [7, 11) is 0. The van der Waals surface area contributed by atoms with Crippen LogP contribution in [0.2, 0.25) is 5.02 Å². The van der Waals surface area contributed by atoms with E-state index >= 15 is 0 Å². The number of halogens is 1. The van der Waals surface area contributed by atoms with Crippen molar-refractivity contribution in [2.45, 2.75) is 20.5 Å². The molecule has 120 valence electrons. The molecule has 0 spiro atoms. The molecule has 0 radical (unpaired) electrons. The van der Waals surface area contributed by atoms with Crippen molar-refractivity contribution in [2.24, 2.45) is 0 Å². The fraction of sp³-hybridized carbons (Fsp3) is 0.235. The Morgan fingerprint density at radius 3 is 2.78 bits per heavy atom. The highest BCUT2D eigenvalue weighted by Gasteiger charge is 2.11. The average molecular weight is 349 g/mol. The maximum Gasteiger partial charge on any atom is 0.187 e. The first-order chi connectivity index (χ1) is 11.1. The van der Waals surface area contributed by atoms with E-state index in [9.17, 15) is 0 Å². The molecule has 3 rings (SSSR count). The molecule has 23 heavy (non-hydrogen) atoms. The Labute approximate surface area is 144 Å². The number of aromatic nitrogens is 1. The van der Waals surface area contributed by atoms with Crippen molar-refractivity contribution < 1.29 is 9.26 Å². The second-order valence-electron chi connectivity index (χ2n) is 5.31. The molecule has 1 N–H and O–H groups in total. The highest BCUT2D eigenvalue weighted by atomic mass is 35.5. The molecule has 0 aliphatic heterocycles. The van der Waals surface area contributed by atoms with Crippen LogP contribution in [0, 0.1) is 13.8 Å². The summed E-state index contributed by atoms with van der Waals surface area (Å²) in [4.78, 5) is 0. The summed E-state index contributed by atoms with van der Waals surface area (Å²) in [6, 6.07) is 9.70. The van der Waals surface area contributed by atoms with Crippen molar-refractivity contribution in [1.82, 2.24) is 5.16 Å². The highest BCUT2D eigenvalue weighted by molar-refractivity contribution is 7.99. The Kier molecular flexibility index (Phi) is 4.68. The van der Waals surface area contributed by atoms with E-state index in [2.05, 4.69) is 22.9 Å². The Morgan fingerprint density at radius 1 is 1.22 bits per heavy atom. The second-order valence-corrected chi connectivity index (χ2v) is 6.33. The van der Waals surface area contributed by atoms with Crippen LogP contribution < -0.4 is 9.46 Å². The molecular weight excluding hydrogens is 332 g/mol. The Morgan fingerprint density at radius 2 is 2.04 bits per heavy atom. The third-order valence-corrected chi connectivity index (χ3v) is 4.47. The van der Waals surface area contributed by atoms with Crippen molar-refractivity contribution in [1.29, 1.82) is 0 Å². The summed E-state index contributed by atoms with van der Waals surface area (Å²) in [6.07, 6.45) is 1.95. The van der Waals surface area contributed by atoms with Crippen LogP contribution in [-0.4, -0.2) is 11.4 Å². The van der Waals surface area contributed by atoms with Gasteiger partial charge in [0, 0.05) is 11.3 Å². The lowest BCUT2D eigenvalue weighted by molar-refractivity contribution is 0.305. The number of nitrogens with zero attached hydrogens (tertiary/aromatic N) is 1. The van der Waals surface area contributed by atoms with Gasteiger partial charge < -0.3 is 14.0 Å². The van der Waals surface area contributed by atoms with Crippen LogP contribution in [0.5, 0.6) is 5.75 Å². The van der Waals surface area contributed by atoms with Gasteiger partial charge in [-0.15, -0.1) is 0 Å². The Bertz CT molecular complexity index is 848. The van der Waals surface area contributed by atoms with Crippen molar-refractivity contribution in [3.63, 3.8) is 0 Å². The van der Waals surface area contributed by atoms with E-state index in [1.165, 1.54) is 11.9 Å². The van der Waals surface area contributed by atoms with E-state index in [-0.39, 0.29) is 0 Å². The fourth-order valence-electron chi connectivity index (χ4n) is 2.33. The van der Waals surface area contributed by atoms with Crippen molar-refractivity contribution in [2.75, 3.05) is 11.0 Å². The molecule has 3 aromatic rings. The number of hydrogen-bond acceptors (Lipinski definition) is 5. The van der Waals surface area contributed by atoms with Gasteiger partial charge in [-0.1, -0.05) is 28.7 Å². The summed E-state index contributed by atoms with van der Waals surface area (Å²) >= 11 is 7.52. The van der Waals surface area contributed by atoms with Gasteiger partial charge in [-0.3, -0.25) is 0 Å². The number of fused-ring (bicyclic) bond motifs is 1. The third kappa shape index (κ3) is 3.41. The van der Waals surface area contributed by atoms with E-state index in [1.54, 1.807) is 0 Å². The molecule has 0 saturated carbocycles. The summed E-state index contributed by atoms with van der Waals surface area (Å²) in [5, 5.41) is 5.76.